The third kappa shape index (κ3) is 3.23. The number of ether oxygens (including phenoxy) is 1. The molecule has 138 valence electrons. The lowest BCUT2D eigenvalue weighted by atomic mass is 10.0. The number of rotatable bonds is 5. The van der Waals surface area contributed by atoms with Crippen LogP contribution >= 0.6 is 12.2 Å². The summed E-state index contributed by atoms with van der Waals surface area (Å²) in [4.78, 5) is 6.90. The summed E-state index contributed by atoms with van der Waals surface area (Å²) in [6, 6.07) is 10.9. The van der Waals surface area contributed by atoms with Gasteiger partial charge in [-0.05, 0) is 63.2 Å². The fraction of sp³-hybridized carbons (Fsp3) is 0.500. The molecule has 0 aromatic carbocycles. The summed E-state index contributed by atoms with van der Waals surface area (Å²) < 4.78 is 8.20. The highest BCUT2D eigenvalue weighted by Crippen LogP contribution is 2.40. The molecule has 2 aromatic heterocycles. The van der Waals surface area contributed by atoms with Gasteiger partial charge in [0.1, 0.15) is 0 Å². The molecule has 2 aromatic rings. The second-order valence-corrected chi connectivity index (χ2v) is 7.73. The van der Waals surface area contributed by atoms with Crippen LogP contribution in [0.2, 0.25) is 0 Å². The van der Waals surface area contributed by atoms with Gasteiger partial charge in [0.25, 0.3) is 0 Å². The Kier molecular flexibility index (Phi) is 4.96. The first-order valence-electron chi connectivity index (χ1n) is 9.41. The second-order valence-electron chi connectivity index (χ2n) is 7.35. The summed E-state index contributed by atoms with van der Waals surface area (Å²) in [6.07, 6.45) is 6.61. The third-order valence-electron chi connectivity index (χ3n) is 5.28. The first-order valence-corrected chi connectivity index (χ1v) is 9.82. The first-order chi connectivity index (χ1) is 12.6. The van der Waals surface area contributed by atoms with E-state index >= 15 is 0 Å². The number of hydrogen-bond donors (Lipinski definition) is 1. The smallest absolute Gasteiger partial charge is 0.170 e. The summed E-state index contributed by atoms with van der Waals surface area (Å²) >= 11 is 5.68. The average molecular weight is 371 g/mol. The van der Waals surface area contributed by atoms with Crippen LogP contribution in [0, 0.1) is 0 Å². The normalized spacial score (nSPS) is 25.9. The van der Waals surface area contributed by atoms with Crippen LogP contribution in [-0.2, 0) is 11.3 Å². The second kappa shape index (κ2) is 7.37. The molecule has 0 spiro atoms. The van der Waals surface area contributed by atoms with Crippen molar-refractivity contribution in [2.24, 2.45) is 0 Å². The predicted octanol–water partition coefficient (Wildman–Crippen LogP) is 3.44. The zero-order valence-electron chi connectivity index (χ0n) is 15.3. The average Bonchev–Trinajstić information content (AvgIpc) is 3.36. The highest BCUT2D eigenvalue weighted by molar-refractivity contribution is 7.80. The van der Waals surface area contributed by atoms with Gasteiger partial charge in [-0.1, -0.05) is 6.07 Å². The van der Waals surface area contributed by atoms with E-state index in [1.54, 1.807) is 0 Å². The molecule has 2 aliphatic rings. The van der Waals surface area contributed by atoms with Gasteiger partial charge in [0.15, 0.2) is 5.11 Å². The Balaban J connectivity index is 1.70. The lowest BCUT2D eigenvalue weighted by Crippen LogP contribution is -2.36. The quantitative estimate of drug-likeness (QED) is 0.817. The van der Waals surface area contributed by atoms with E-state index in [1.165, 1.54) is 5.69 Å². The van der Waals surface area contributed by atoms with Gasteiger partial charge < -0.3 is 19.5 Å². The summed E-state index contributed by atoms with van der Waals surface area (Å²) in [7, 11) is 0. The molecule has 4 heterocycles. The van der Waals surface area contributed by atoms with Gasteiger partial charge in [0.05, 0.1) is 23.9 Å². The number of thiocarbonyl (C=S) groups is 1. The van der Waals surface area contributed by atoms with E-state index < -0.39 is 0 Å². The van der Waals surface area contributed by atoms with Gasteiger partial charge in [-0.3, -0.25) is 4.98 Å². The maximum Gasteiger partial charge on any atom is 0.170 e. The standard InChI is InChI=1S/C20H26N4OS/c1-14(2)24-19(18(22-20(24)26)16-8-3-4-10-21-16)17-9-5-11-23(17)13-15-7-6-12-25-15/h3-5,8-11,14-15,18-19H,6-7,12-13H2,1-2H3,(H,22,26)/t15-,18-,19-/m1/s1. The molecule has 2 fully saturated rings. The van der Waals surface area contributed by atoms with Crippen LogP contribution < -0.4 is 5.32 Å². The van der Waals surface area contributed by atoms with E-state index in [0.29, 0.717) is 12.1 Å². The number of nitrogens with one attached hydrogen (secondary N) is 1. The summed E-state index contributed by atoms with van der Waals surface area (Å²) in [6.45, 7) is 6.15. The van der Waals surface area contributed by atoms with Crippen molar-refractivity contribution in [3.8, 4) is 0 Å². The van der Waals surface area contributed by atoms with Crippen molar-refractivity contribution < 1.29 is 4.74 Å². The van der Waals surface area contributed by atoms with Crippen LogP contribution in [0.4, 0.5) is 0 Å². The topological polar surface area (TPSA) is 42.3 Å². The van der Waals surface area contributed by atoms with Crippen LogP contribution in [0.1, 0.15) is 50.2 Å². The summed E-state index contributed by atoms with van der Waals surface area (Å²) in [5.41, 5.74) is 2.28. The molecule has 2 aliphatic heterocycles. The molecule has 1 N–H and O–H groups in total. The SMILES string of the molecule is CC(C)N1C(=S)N[C@H](c2ccccn2)[C@H]1c1cccn1C[C@H]1CCCO1. The lowest BCUT2D eigenvalue weighted by molar-refractivity contribution is 0.0951. The molecule has 3 atom stereocenters. The molecular formula is C20H26N4OS. The minimum atomic E-state index is 0.0456. The zero-order valence-corrected chi connectivity index (χ0v) is 16.2. The molecule has 0 aliphatic carbocycles. The van der Waals surface area contributed by atoms with Crippen molar-refractivity contribution in [1.82, 2.24) is 19.8 Å². The van der Waals surface area contributed by atoms with Crippen LogP contribution in [0.25, 0.3) is 0 Å². The van der Waals surface area contributed by atoms with Crippen LogP contribution in [0.15, 0.2) is 42.7 Å². The monoisotopic (exact) mass is 370 g/mol. The largest absolute Gasteiger partial charge is 0.376 e. The van der Waals surface area contributed by atoms with Crippen molar-refractivity contribution in [2.45, 2.75) is 57.5 Å². The third-order valence-corrected chi connectivity index (χ3v) is 5.61. The van der Waals surface area contributed by atoms with Crippen LogP contribution in [0.5, 0.6) is 0 Å². The molecule has 0 amide bonds. The summed E-state index contributed by atoms with van der Waals surface area (Å²) in [5, 5.41) is 4.31. The van der Waals surface area contributed by atoms with Crippen LogP contribution in [0.3, 0.4) is 0 Å². The molecule has 4 rings (SSSR count). The fourth-order valence-corrected chi connectivity index (χ4v) is 4.56. The van der Waals surface area contributed by atoms with Crippen molar-refractivity contribution in [3.63, 3.8) is 0 Å². The molecule has 0 bridgehead atoms. The summed E-state index contributed by atoms with van der Waals surface area (Å²) in [5.74, 6) is 0. The highest BCUT2D eigenvalue weighted by atomic mass is 32.1. The zero-order chi connectivity index (χ0) is 18.1. The van der Waals surface area contributed by atoms with Gasteiger partial charge in [0.2, 0.25) is 0 Å². The Morgan fingerprint density at radius 1 is 1.31 bits per heavy atom. The predicted molar refractivity (Wildman–Crippen MR) is 106 cm³/mol. The minimum Gasteiger partial charge on any atom is -0.376 e. The maximum atomic E-state index is 5.86. The van der Waals surface area contributed by atoms with Gasteiger partial charge >= 0.3 is 0 Å². The van der Waals surface area contributed by atoms with E-state index in [-0.39, 0.29) is 12.1 Å². The number of aromatic nitrogens is 2. The van der Waals surface area contributed by atoms with E-state index in [1.807, 2.05) is 18.3 Å². The fourth-order valence-electron chi connectivity index (χ4n) is 4.11. The van der Waals surface area contributed by atoms with E-state index in [4.69, 9.17) is 17.0 Å². The first kappa shape index (κ1) is 17.5. The molecule has 6 heteroatoms. The molecule has 5 nitrogen and oxygen atoms in total. The van der Waals surface area contributed by atoms with Gasteiger partial charge in [-0.15, -0.1) is 0 Å². The number of nitrogens with zero attached hydrogens (tertiary/aromatic N) is 3. The molecule has 26 heavy (non-hydrogen) atoms. The van der Waals surface area contributed by atoms with Crippen molar-refractivity contribution in [3.05, 3.63) is 54.1 Å². The Hall–Kier alpha value is -1.92. The molecular weight excluding hydrogens is 344 g/mol. The Bertz CT molecular complexity index is 754. The number of pyridine rings is 1. The van der Waals surface area contributed by atoms with E-state index in [9.17, 15) is 0 Å². The van der Waals surface area contributed by atoms with E-state index in [2.05, 4.69) is 58.0 Å². The molecule has 2 saturated heterocycles. The Morgan fingerprint density at radius 3 is 2.88 bits per heavy atom. The van der Waals surface area contributed by atoms with Crippen molar-refractivity contribution in [1.29, 1.82) is 0 Å². The number of hydrogen-bond acceptors (Lipinski definition) is 3. The highest BCUT2D eigenvalue weighted by Gasteiger charge is 2.42. The van der Waals surface area contributed by atoms with E-state index in [0.717, 1.165) is 36.8 Å². The van der Waals surface area contributed by atoms with Gasteiger partial charge in [-0.2, -0.15) is 0 Å². The Morgan fingerprint density at radius 2 is 2.19 bits per heavy atom. The minimum absolute atomic E-state index is 0.0456. The molecule has 0 saturated carbocycles. The van der Waals surface area contributed by atoms with Crippen molar-refractivity contribution >= 4 is 17.3 Å². The van der Waals surface area contributed by atoms with Gasteiger partial charge in [-0.25, -0.2) is 0 Å². The maximum absolute atomic E-state index is 5.86. The molecule has 0 radical (unpaired) electrons. The van der Waals surface area contributed by atoms with Crippen LogP contribution in [-0.4, -0.2) is 38.3 Å². The molecule has 0 unspecified atom stereocenters. The van der Waals surface area contributed by atoms with Crippen molar-refractivity contribution in [2.75, 3.05) is 6.61 Å². The Labute approximate surface area is 160 Å². The van der Waals surface area contributed by atoms with Gasteiger partial charge in [0, 0.05) is 37.3 Å². The lowest BCUT2D eigenvalue weighted by Gasteiger charge is -2.32.